The molecule has 0 amide bonds. The van der Waals surface area contributed by atoms with Crippen molar-refractivity contribution in [2.24, 2.45) is 0 Å². The van der Waals surface area contributed by atoms with E-state index in [4.69, 9.17) is 0 Å². The Morgan fingerprint density at radius 2 is 1.75 bits per heavy atom. The molecule has 0 radical (unpaired) electrons. The molecule has 96 valence electrons. The van der Waals surface area contributed by atoms with Crippen LogP contribution in [0.4, 0.5) is 0 Å². The molecule has 1 unspecified atom stereocenters. The number of rotatable bonds is 7. The van der Waals surface area contributed by atoms with Crippen molar-refractivity contribution in [3.8, 4) is 0 Å². The standard InChI is InChI=1S/C14H30N2/c1-3-9-14(4-2)15-10-13-16-11-7-5-6-8-12-16/h14-15H,3-13H2,1-2H3. The van der Waals surface area contributed by atoms with E-state index in [1.807, 2.05) is 0 Å². The Labute approximate surface area is 102 Å². The van der Waals surface area contributed by atoms with E-state index in [2.05, 4.69) is 24.1 Å². The van der Waals surface area contributed by atoms with Gasteiger partial charge in [-0.3, -0.25) is 0 Å². The van der Waals surface area contributed by atoms with Crippen LogP contribution in [0.2, 0.25) is 0 Å². The Morgan fingerprint density at radius 1 is 1.06 bits per heavy atom. The highest BCUT2D eigenvalue weighted by Gasteiger charge is 2.09. The maximum Gasteiger partial charge on any atom is 0.0107 e. The Kier molecular flexibility index (Phi) is 7.87. The smallest absolute Gasteiger partial charge is 0.0107 e. The fourth-order valence-corrected chi connectivity index (χ4v) is 2.59. The van der Waals surface area contributed by atoms with Crippen molar-refractivity contribution in [1.29, 1.82) is 0 Å². The number of nitrogens with zero attached hydrogens (tertiary/aromatic N) is 1. The number of nitrogens with one attached hydrogen (secondary N) is 1. The van der Waals surface area contributed by atoms with Gasteiger partial charge < -0.3 is 10.2 Å². The molecule has 1 heterocycles. The molecule has 1 rings (SSSR count). The summed E-state index contributed by atoms with van der Waals surface area (Å²) in [6, 6.07) is 0.747. The second-order valence-electron chi connectivity index (χ2n) is 5.10. The first-order valence-corrected chi connectivity index (χ1v) is 7.32. The van der Waals surface area contributed by atoms with Gasteiger partial charge >= 0.3 is 0 Å². The van der Waals surface area contributed by atoms with Crippen LogP contribution in [-0.4, -0.2) is 37.1 Å². The Hall–Kier alpha value is -0.0800. The molecule has 0 aromatic heterocycles. The fraction of sp³-hybridized carbons (Fsp3) is 1.00. The van der Waals surface area contributed by atoms with Crippen molar-refractivity contribution in [1.82, 2.24) is 10.2 Å². The van der Waals surface area contributed by atoms with Crippen molar-refractivity contribution in [2.45, 2.75) is 64.8 Å². The van der Waals surface area contributed by atoms with Gasteiger partial charge in [0.25, 0.3) is 0 Å². The molecule has 1 aliphatic rings. The lowest BCUT2D eigenvalue weighted by atomic mass is 10.1. The van der Waals surface area contributed by atoms with Gasteiger partial charge in [0.15, 0.2) is 0 Å². The van der Waals surface area contributed by atoms with Gasteiger partial charge in [-0.1, -0.05) is 33.1 Å². The summed E-state index contributed by atoms with van der Waals surface area (Å²) in [4.78, 5) is 2.64. The van der Waals surface area contributed by atoms with Crippen molar-refractivity contribution < 1.29 is 0 Å². The van der Waals surface area contributed by atoms with Gasteiger partial charge in [0, 0.05) is 19.1 Å². The molecule has 0 spiro atoms. The molecule has 1 saturated heterocycles. The lowest BCUT2D eigenvalue weighted by molar-refractivity contribution is 0.276. The van der Waals surface area contributed by atoms with Crippen LogP contribution < -0.4 is 5.32 Å². The third kappa shape index (κ3) is 5.86. The van der Waals surface area contributed by atoms with Crippen molar-refractivity contribution in [2.75, 3.05) is 26.2 Å². The van der Waals surface area contributed by atoms with Gasteiger partial charge in [-0.2, -0.15) is 0 Å². The number of hydrogen-bond donors (Lipinski definition) is 1. The minimum atomic E-state index is 0.747. The largest absolute Gasteiger partial charge is 0.313 e. The zero-order valence-corrected chi connectivity index (χ0v) is 11.3. The van der Waals surface area contributed by atoms with Gasteiger partial charge in [0.05, 0.1) is 0 Å². The van der Waals surface area contributed by atoms with Crippen LogP contribution >= 0.6 is 0 Å². The first-order valence-electron chi connectivity index (χ1n) is 7.32. The van der Waals surface area contributed by atoms with E-state index >= 15 is 0 Å². The van der Waals surface area contributed by atoms with Crippen LogP contribution in [0.15, 0.2) is 0 Å². The van der Waals surface area contributed by atoms with Crippen LogP contribution in [0.25, 0.3) is 0 Å². The summed E-state index contributed by atoms with van der Waals surface area (Å²) in [5, 5.41) is 3.70. The average Bonchev–Trinajstić information content (AvgIpc) is 2.56. The molecule has 0 aromatic carbocycles. The van der Waals surface area contributed by atoms with Gasteiger partial charge in [0.1, 0.15) is 0 Å². The lowest BCUT2D eigenvalue weighted by Crippen LogP contribution is -2.37. The van der Waals surface area contributed by atoms with E-state index in [-0.39, 0.29) is 0 Å². The van der Waals surface area contributed by atoms with Gasteiger partial charge in [-0.15, -0.1) is 0 Å². The van der Waals surface area contributed by atoms with Crippen LogP contribution in [0.5, 0.6) is 0 Å². The summed E-state index contributed by atoms with van der Waals surface area (Å²) in [5.41, 5.74) is 0. The molecule has 0 aromatic rings. The first kappa shape index (κ1) is 14.0. The Balaban J connectivity index is 2.08. The SMILES string of the molecule is CCCC(CC)NCCN1CCCCCC1. The minimum Gasteiger partial charge on any atom is -0.313 e. The van der Waals surface area contributed by atoms with Crippen molar-refractivity contribution in [3.63, 3.8) is 0 Å². The monoisotopic (exact) mass is 226 g/mol. The lowest BCUT2D eigenvalue weighted by Gasteiger charge is -2.22. The molecule has 0 aliphatic carbocycles. The number of likely N-dealkylation sites (tertiary alicyclic amines) is 1. The normalized spacial score (nSPS) is 20.6. The molecule has 2 heteroatoms. The Morgan fingerprint density at radius 3 is 2.31 bits per heavy atom. The van der Waals surface area contributed by atoms with E-state index < -0.39 is 0 Å². The van der Waals surface area contributed by atoms with Gasteiger partial charge in [-0.05, 0) is 38.8 Å². The first-order chi connectivity index (χ1) is 7.86. The topological polar surface area (TPSA) is 15.3 Å². The summed E-state index contributed by atoms with van der Waals surface area (Å²) in [6.45, 7) is 9.65. The van der Waals surface area contributed by atoms with Crippen molar-refractivity contribution >= 4 is 0 Å². The van der Waals surface area contributed by atoms with Crippen molar-refractivity contribution in [3.05, 3.63) is 0 Å². The third-order valence-electron chi connectivity index (χ3n) is 3.69. The average molecular weight is 226 g/mol. The van der Waals surface area contributed by atoms with E-state index in [1.54, 1.807) is 0 Å². The fourth-order valence-electron chi connectivity index (χ4n) is 2.59. The molecule has 1 N–H and O–H groups in total. The van der Waals surface area contributed by atoms with E-state index in [1.165, 1.54) is 71.1 Å². The zero-order valence-electron chi connectivity index (χ0n) is 11.3. The quantitative estimate of drug-likeness (QED) is 0.718. The molecule has 1 atom stereocenters. The molecular formula is C14H30N2. The molecule has 0 saturated carbocycles. The molecule has 2 nitrogen and oxygen atoms in total. The summed E-state index contributed by atoms with van der Waals surface area (Å²) in [6.07, 6.45) is 9.60. The molecule has 1 aliphatic heterocycles. The van der Waals surface area contributed by atoms with E-state index in [9.17, 15) is 0 Å². The predicted octanol–water partition coefficient (Wildman–Crippen LogP) is 3.03. The van der Waals surface area contributed by atoms with Crippen LogP contribution in [-0.2, 0) is 0 Å². The minimum absolute atomic E-state index is 0.747. The second kappa shape index (κ2) is 9.00. The van der Waals surface area contributed by atoms with Gasteiger partial charge in [-0.25, -0.2) is 0 Å². The summed E-state index contributed by atoms with van der Waals surface area (Å²) >= 11 is 0. The summed E-state index contributed by atoms with van der Waals surface area (Å²) in [5.74, 6) is 0. The summed E-state index contributed by atoms with van der Waals surface area (Å²) < 4.78 is 0. The van der Waals surface area contributed by atoms with Crippen LogP contribution in [0.1, 0.15) is 58.8 Å². The van der Waals surface area contributed by atoms with E-state index in [0.29, 0.717) is 0 Å². The highest BCUT2D eigenvalue weighted by Crippen LogP contribution is 2.09. The maximum atomic E-state index is 3.70. The van der Waals surface area contributed by atoms with E-state index in [0.717, 1.165) is 6.04 Å². The highest BCUT2D eigenvalue weighted by atomic mass is 15.1. The second-order valence-corrected chi connectivity index (χ2v) is 5.10. The molecule has 16 heavy (non-hydrogen) atoms. The molecule has 1 fully saturated rings. The zero-order chi connectivity index (χ0) is 11.6. The molecular weight excluding hydrogens is 196 g/mol. The summed E-state index contributed by atoms with van der Waals surface area (Å²) in [7, 11) is 0. The van der Waals surface area contributed by atoms with Gasteiger partial charge in [0.2, 0.25) is 0 Å². The number of hydrogen-bond acceptors (Lipinski definition) is 2. The predicted molar refractivity (Wildman–Crippen MR) is 71.9 cm³/mol. The third-order valence-corrected chi connectivity index (χ3v) is 3.69. The maximum absolute atomic E-state index is 3.70. The van der Waals surface area contributed by atoms with Crippen LogP contribution in [0.3, 0.4) is 0 Å². The molecule has 0 bridgehead atoms. The van der Waals surface area contributed by atoms with Crippen LogP contribution in [0, 0.1) is 0 Å². The Bertz CT molecular complexity index is 151. The highest BCUT2D eigenvalue weighted by molar-refractivity contribution is 4.68.